The molecule has 0 radical (unpaired) electrons. The normalized spacial score (nSPS) is 10.4. The fourth-order valence-electron chi connectivity index (χ4n) is 1.79. The molecular weight excluding hydrogens is 348 g/mol. The number of benzene rings is 1. The molecule has 0 spiro atoms. The van der Waals surface area contributed by atoms with Crippen LogP contribution in [0.5, 0.6) is 5.88 Å². The zero-order valence-electron chi connectivity index (χ0n) is 13.3. The van der Waals surface area contributed by atoms with E-state index < -0.39 is 0 Å². The number of carbonyl (C=O) groups excluding carboxylic acids is 1. The number of halogens is 1. The molecule has 1 aromatic heterocycles. The SMILES string of the molecule is COCCOc1ccc(CNC(=O)CSc2ccccc2Cl)cn1. The number of amides is 1. The summed E-state index contributed by atoms with van der Waals surface area (Å²) in [6.45, 7) is 1.40. The van der Waals surface area contributed by atoms with Crippen molar-refractivity contribution in [3.05, 3.63) is 53.2 Å². The van der Waals surface area contributed by atoms with Gasteiger partial charge in [-0.15, -0.1) is 11.8 Å². The van der Waals surface area contributed by atoms with Gasteiger partial charge in [-0.25, -0.2) is 4.98 Å². The summed E-state index contributed by atoms with van der Waals surface area (Å²) < 4.78 is 10.3. The minimum Gasteiger partial charge on any atom is -0.475 e. The van der Waals surface area contributed by atoms with Crippen LogP contribution in [0.1, 0.15) is 5.56 Å². The van der Waals surface area contributed by atoms with Gasteiger partial charge in [0.2, 0.25) is 11.8 Å². The molecule has 1 amide bonds. The lowest BCUT2D eigenvalue weighted by Crippen LogP contribution is -2.24. The lowest BCUT2D eigenvalue weighted by atomic mass is 10.3. The van der Waals surface area contributed by atoms with Crippen LogP contribution in [0.3, 0.4) is 0 Å². The molecule has 1 N–H and O–H groups in total. The molecule has 2 rings (SSSR count). The molecule has 24 heavy (non-hydrogen) atoms. The summed E-state index contributed by atoms with van der Waals surface area (Å²) in [4.78, 5) is 17.0. The van der Waals surface area contributed by atoms with E-state index in [2.05, 4.69) is 10.3 Å². The quantitative estimate of drug-likeness (QED) is 0.545. The Labute approximate surface area is 150 Å². The van der Waals surface area contributed by atoms with Crippen LogP contribution in [-0.2, 0) is 16.1 Å². The Morgan fingerprint density at radius 3 is 2.79 bits per heavy atom. The molecule has 0 unspecified atom stereocenters. The summed E-state index contributed by atoms with van der Waals surface area (Å²) in [5.41, 5.74) is 0.908. The van der Waals surface area contributed by atoms with E-state index in [1.165, 1.54) is 11.8 Å². The topological polar surface area (TPSA) is 60.5 Å². The Kier molecular flexibility index (Phi) is 7.88. The number of carbonyl (C=O) groups is 1. The summed E-state index contributed by atoms with van der Waals surface area (Å²) in [6.07, 6.45) is 1.68. The van der Waals surface area contributed by atoms with Gasteiger partial charge in [-0.1, -0.05) is 29.8 Å². The molecule has 1 heterocycles. The summed E-state index contributed by atoms with van der Waals surface area (Å²) in [5, 5.41) is 3.51. The summed E-state index contributed by atoms with van der Waals surface area (Å²) in [7, 11) is 1.62. The third kappa shape index (κ3) is 6.39. The van der Waals surface area contributed by atoms with Crippen molar-refractivity contribution in [1.29, 1.82) is 0 Å². The predicted molar refractivity (Wildman–Crippen MR) is 95.6 cm³/mol. The highest BCUT2D eigenvalue weighted by atomic mass is 35.5. The molecule has 128 valence electrons. The molecular formula is C17H19ClN2O3S. The largest absolute Gasteiger partial charge is 0.475 e. The standard InChI is InChI=1S/C17H19ClN2O3S/c1-22-8-9-23-17-7-6-13(11-20-17)10-19-16(21)12-24-15-5-3-2-4-14(15)18/h2-7,11H,8-10,12H2,1H3,(H,19,21). The molecule has 0 atom stereocenters. The van der Waals surface area contributed by atoms with Crippen molar-refractivity contribution in [2.45, 2.75) is 11.4 Å². The summed E-state index contributed by atoms with van der Waals surface area (Å²) in [5.74, 6) is 0.798. The molecule has 7 heteroatoms. The first kappa shape index (κ1) is 18.6. The average molecular weight is 367 g/mol. The van der Waals surface area contributed by atoms with Gasteiger partial charge in [-0.2, -0.15) is 0 Å². The van der Waals surface area contributed by atoms with Crippen molar-refractivity contribution in [2.75, 3.05) is 26.1 Å². The molecule has 0 bridgehead atoms. The maximum atomic E-state index is 11.9. The molecule has 0 fully saturated rings. The third-order valence-corrected chi connectivity index (χ3v) is 4.54. The second-order valence-corrected chi connectivity index (χ2v) is 6.27. The van der Waals surface area contributed by atoms with Crippen molar-refractivity contribution >= 4 is 29.3 Å². The number of pyridine rings is 1. The van der Waals surface area contributed by atoms with Gasteiger partial charge >= 0.3 is 0 Å². The maximum absolute atomic E-state index is 11.9. The minimum absolute atomic E-state index is 0.0552. The predicted octanol–water partition coefficient (Wildman–Crippen LogP) is 3.17. The summed E-state index contributed by atoms with van der Waals surface area (Å²) in [6, 6.07) is 11.1. The molecule has 0 aliphatic carbocycles. The molecule has 0 saturated heterocycles. The fourth-order valence-corrected chi connectivity index (χ4v) is 2.86. The Hall–Kier alpha value is -1.76. The summed E-state index contributed by atoms with van der Waals surface area (Å²) >= 11 is 7.47. The first-order valence-corrected chi connectivity index (χ1v) is 8.76. The number of hydrogen-bond acceptors (Lipinski definition) is 5. The van der Waals surface area contributed by atoms with Crippen molar-refractivity contribution < 1.29 is 14.3 Å². The van der Waals surface area contributed by atoms with Gasteiger partial charge in [-0.3, -0.25) is 4.79 Å². The molecule has 0 aliphatic heterocycles. The van der Waals surface area contributed by atoms with Gasteiger partial charge in [0.15, 0.2) is 0 Å². The third-order valence-electron chi connectivity index (χ3n) is 3.02. The van der Waals surface area contributed by atoms with Crippen molar-refractivity contribution in [3.63, 3.8) is 0 Å². The van der Waals surface area contributed by atoms with Gasteiger partial charge in [0.25, 0.3) is 0 Å². The van der Waals surface area contributed by atoms with Gasteiger partial charge in [0.1, 0.15) is 6.61 Å². The van der Waals surface area contributed by atoms with Crippen LogP contribution in [0.2, 0.25) is 5.02 Å². The van der Waals surface area contributed by atoms with E-state index in [0.717, 1.165) is 10.5 Å². The number of ether oxygens (including phenoxy) is 2. The van der Waals surface area contributed by atoms with Crippen LogP contribution in [0, 0.1) is 0 Å². The molecule has 1 aromatic carbocycles. The number of methoxy groups -OCH3 is 1. The number of nitrogens with zero attached hydrogens (tertiary/aromatic N) is 1. The van der Waals surface area contributed by atoms with E-state index in [1.54, 1.807) is 19.4 Å². The smallest absolute Gasteiger partial charge is 0.230 e. The lowest BCUT2D eigenvalue weighted by Gasteiger charge is -2.07. The monoisotopic (exact) mass is 366 g/mol. The second-order valence-electron chi connectivity index (χ2n) is 4.84. The maximum Gasteiger partial charge on any atom is 0.230 e. The Morgan fingerprint density at radius 2 is 2.08 bits per heavy atom. The molecule has 5 nitrogen and oxygen atoms in total. The highest BCUT2D eigenvalue weighted by Crippen LogP contribution is 2.26. The number of rotatable bonds is 9. The van der Waals surface area contributed by atoms with Gasteiger partial charge in [0.05, 0.1) is 17.4 Å². The minimum atomic E-state index is -0.0552. The lowest BCUT2D eigenvalue weighted by molar-refractivity contribution is -0.118. The van der Waals surface area contributed by atoms with E-state index >= 15 is 0 Å². The van der Waals surface area contributed by atoms with E-state index in [0.29, 0.717) is 36.4 Å². The van der Waals surface area contributed by atoms with Gasteiger partial charge in [0, 0.05) is 30.8 Å². The first-order chi connectivity index (χ1) is 11.7. The zero-order valence-corrected chi connectivity index (χ0v) is 14.9. The van der Waals surface area contributed by atoms with Crippen LogP contribution in [0.25, 0.3) is 0 Å². The van der Waals surface area contributed by atoms with Crippen LogP contribution in [-0.4, -0.2) is 37.0 Å². The highest BCUT2D eigenvalue weighted by molar-refractivity contribution is 8.00. The second kappa shape index (κ2) is 10.2. The highest BCUT2D eigenvalue weighted by Gasteiger charge is 2.06. The van der Waals surface area contributed by atoms with E-state index in [1.807, 2.05) is 30.3 Å². The number of aromatic nitrogens is 1. The molecule has 0 saturated carbocycles. The number of thioether (sulfide) groups is 1. The molecule has 2 aromatic rings. The van der Waals surface area contributed by atoms with Crippen molar-refractivity contribution in [3.8, 4) is 5.88 Å². The first-order valence-electron chi connectivity index (χ1n) is 7.39. The number of nitrogens with one attached hydrogen (secondary N) is 1. The molecule has 0 aliphatic rings. The van der Waals surface area contributed by atoms with E-state index in [-0.39, 0.29) is 5.91 Å². The Morgan fingerprint density at radius 1 is 1.25 bits per heavy atom. The number of hydrogen-bond donors (Lipinski definition) is 1. The van der Waals surface area contributed by atoms with Crippen LogP contribution < -0.4 is 10.1 Å². The van der Waals surface area contributed by atoms with Crippen LogP contribution >= 0.6 is 23.4 Å². The Balaban J connectivity index is 1.72. The van der Waals surface area contributed by atoms with Crippen molar-refractivity contribution in [1.82, 2.24) is 10.3 Å². The Bertz CT molecular complexity index is 653. The zero-order chi connectivity index (χ0) is 17.2. The fraction of sp³-hybridized carbons (Fsp3) is 0.294. The van der Waals surface area contributed by atoms with Crippen molar-refractivity contribution in [2.24, 2.45) is 0 Å². The average Bonchev–Trinajstić information content (AvgIpc) is 2.60. The van der Waals surface area contributed by atoms with Crippen LogP contribution in [0.4, 0.5) is 0 Å². The van der Waals surface area contributed by atoms with Gasteiger partial charge in [-0.05, 0) is 17.7 Å². The van der Waals surface area contributed by atoms with E-state index in [9.17, 15) is 4.79 Å². The van der Waals surface area contributed by atoms with E-state index in [4.69, 9.17) is 21.1 Å². The van der Waals surface area contributed by atoms with Gasteiger partial charge < -0.3 is 14.8 Å². The van der Waals surface area contributed by atoms with Crippen LogP contribution in [0.15, 0.2) is 47.5 Å².